The Balaban J connectivity index is 1.79. The molecule has 0 saturated heterocycles. The van der Waals surface area contributed by atoms with Crippen LogP contribution < -0.4 is 0 Å². The average molecular weight is 287 g/mol. The molecule has 2 rings (SSSR count). The van der Waals surface area contributed by atoms with Crippen LogP contribution in [0.5, 0.6) is 0 Å². The average Bonchev–Trinajstić information content (AvgIpc) is 2.94. The Morgan fingerprint density at radius 3 is 2.70 bits per heavy atom. The molecule has 0 saturated carbocycles. The van der Waals surface area contributed by atoms with E-state index in [1.165, 1.54) is 16.0 Å². The summed E-state index contributed by atoms with van der Waals surface area (Å²) in [6, 6.07) is 12.4. The monoisotopic (exact) mass is 287 g/mol. The first-order chi connectivity index (χ1) is 9.66. The minimum atomic E-state index is 0.227. The summed E-state index contributed by atoms with van der Waals surface area (Å²) in [6.45, 7) is 2.79. The third-order valence-corrected chi connectivity index (χ3v) is 4.42. The Hall–Kier alpha value is -1.61. The van der Waals surface area contributed by atoms with Gasteiger partial charge in [-0.3, -0.25) is 4.79 Å². The van der Waals surface area contributed by atoms with E-state index in [4.69, 9.17) is 0 Å². The van der Waals surface area contributed by atoms with Gasteiger partial charge in [-0.05, 0) is 42.3 Å². The molecule has 0 atom stereocenters. The Morgan fingerprint density at radius 2 is 2.00 bits per heavy atom. The number of aryl methyl sites for hydroxylation is 2. The zero-order valence-corrected chi connectivity index (χ0v) is 13.0. The molecule has 2 nitrogen and oxygen atoms in total. The summed E-state index contributed by atoms with van der Waals surface area (Å²) in [5.74, 6) is 0.227. The molecule has 0 aliphatic carbocycles. The van der Waals surface area contributed by atoms with E-state index < -0.39 is 0 Å². The smallest absolute Gasteiger partial charge is 0.222 e. The standard InChI is InChI=1S/C17H21NOS/c1-14-7-3-4-8-15(14)13-18(2)17(19)11-5-9-16-10-6-12-20-16/h3-4,6-8,10,12H,5,9,11,13H2,1-2H3. The number of hydrogen-bond acceptors (Lipinski definition) is 2. The summed E-state index contributed by atoms with van der Waals surface area (Å²) in [4.78, 5) is 15.3. The van der Waals surface area contributed by atoms with E-state index in [1.54, 1.807) is 11.3 Å². The van der Waals surface area contributed by atoms with Crippen LogP contribution in [0.4, 0.5) is 0 Å². The molecule has 1 aromatic heterocycles. The summed E-state index contributed by atoms with van der Waals surface area (Å²) in [5.41, 5.74) is 2.47. The van der Waals surface area contributed by atoms with Crippen LogP contribution in [0.2, 0.25) is 0 Å². The quantitative estimate of drug-likeness (QED) is 0.785. The Bertz CT molecular complexity index is 548. The minimum Gasteiger partial charge on any atom is -0.341 e. The van der Waals surface area contributed by atoms with Crippen LogP contribution in [0.1, 0.15) is 28.8 Å². The molecule has 20 heavy (non-hydrogen) atoms. The van der Waals surface area contributed by atoms with Gasteiger partial charge in [0.2, 0.25) is 5.91 Å². The van der Waals surface area contributed by atoms with Crippen molar-refractivity contribution in [1.82, 2.24) is 4.90 Å². The Labute approximate surface area is 125 Å². The van der Waals surface area contributed by atoms with E-state index >= 15 is 0 Å². The molecule has 1 amide bonds. The van der Waals surface area contributed by atoms with Gasteiger partial charge in [-0.15, -0.1) is 11.3 Å². The first-order valence-corrected chi connectivity index (χ1v) is 7.85. The van der Waals surface area contributed by atoms with Gasteiger partial charge in [-0.1, -0.05) is 30.3 Å². The molecular formula is C17H21NOS. The van der Waals surface area contributed by atoms with Gasteiger partial charge in [0, 0.05) is 24.9 Å². The van der Waals surface area contributed by atoms with Gasteiger partial charge < -0.3 is 4.90 Å². The molecule has 0 N–H and O–H groups in total. The van der Waals surface area contributed by atoms with Crippen LogP contribution in [0.25, 0.3) is 0 Å². The zero-order valence-electron chi connectivity index (χ0n) is 12.1. The predicted molar refractivity (Wildman–Crippen MR) is 84.9 cm³/mol. The van der Waals surface area contributed by atoms with Crippen LogP contribution in [0, 0.1) is 6.92 Å². The van der Waals surface area contributed by atoms with Crippen molar-refractivity contribution in [3.8, 4) is 0 Å². The second-order valence-electron chi connectivity index (χ2n) is 5.11. The minimum absolute atomic E-state index is 0.227. The number of carbonyl (C=O) groups excluding carboxylic acids is 1. The predicted octanol–water partition coefficient (Wildman–Crippen LogP) is 4.04. The van der Waals surface area contributed by atoms with Crippen molar-refractivity contribution in [3.63, 3.8) is 0 Å². The number of thiophene rings is 1. The summed E-state index contributed by atoms with van der Waals surface area (Å²) < 4.78 is 0. The Kier molecular flexibility index (Phi) is 5.36. The highest BCUT2D eigenvalue weighted by atomic mass is 32.1. The normalized spacial score (nSPS) is 10.5. The summed E-state index contributed by atoms with van der Waals surface area (Å²) in [5, 5.41) is 2.08. The maximum Gasteiger partial charge on any atom is 0.222 e. The van der Waals surface area contributed by atoms with E-state index in [9.17, 15) is 4.79 Å². The van der Waals surface area contributed by atoms with Crippen molar-refractivity contribution in [2.45, 2.75) is 32.7 Å². The molecule has 0 aliphatic rings. The Morgan fingerprint density at radius 1 is 1.20 bits per heavy atom. The lowest BCUT2D eigenvalue weighted by molar-refractivity contribution is -0.130. The molecule has 1 heterocycles. The fourth-order valence-electron chi connectivity index (χ4n) is 2.19. The molecule has 2 aromatic rings. The molecule has 0 fully saturated rings. The largest absolute Gasteiger partial charge is 0.341 e. The van der Waals surface area contributed by atoms with Crippen molar-refractivity contribution in [2.24, 2.45) is 0 Å². The molecule has 0 bridgehead atoms. The highest BCUT2D eigenvalue weighted by Crippen LogP contribution is 2.14. The molecule has 1 aromatic carbocycles. The number of rotatable bonds is 6. The van der Waals surface area contributed by atoms with Gasteiger partial charge in [0.25, 0.3) is 0 Å². The fraction of sp³-hybridized carbons (Fsp3) is 0.353. The summed E-state index contributed by atoms with van der Waals surface area (Å²) in [6.07, 6.45) is 2.55. The molecule has 0 spiro atoms. The fourth-order valence-corrected chi connectivity index (χ4v) is 2.94. The van der Waals surface area contributed by atoms with Crippen LogP contribution in [0.3, 0.4) is 0 Å². The van der Waals surface area contributed by atoms with Crippen LogP contribution in [0.15, 0.2) is 41.8 Å². The second-order valence-corrected chi connectivity index (χ2v) is 6.14. The van der Waals surface area contributed by atoms with E-state index in [1.807, 2.05) is 24.1 Å². The molecular weight excluding hydrogens is 266 g/mol. The van der Waals surface area contributed by atoms with Crippen molar-refractivity contribution < 1.29 is 4.79 Å². The maximum atomic E-state index is 12.1. The third-order valence-electron chi connectivity index (χ3n) is 3.49. The SMILES string of the molecule is Cc1ccccc1CN(C)C(=O)CCCc1cccs1. The highest BCUT2D eigenvalue weighted by Gasteiger charge is 2.10. The van der Waals surface area contributed by atoms with Crippen LogP contribution >= 0.6 is 11.3 Å². The topological polar surface area (TPSA) is 20.3 Å². The number of amides is 1. The van der Waals surface area contributed by atoms with Crippen molar-refractivity contribution in [1.29, 1.82) is 0 Å². The van der Waals surface area contributed by atoms with Gasteiger partial charge in [0.1, 0.15) is 0 Å². The van der Waals surface area contributed by atoms with E-state index in [0.717, 1.165) is 12.8 Å². The second kappa shape index (κ2) is 7.25. The lowest BCUT2D eigenvalue weighted by atomic mass is 10.1. The van der Waals surface area contributed by atoms with E-state index in [2.05, 4.69) is 36.6 Å². The number of benzene rings is 1. The van der Waals surface area contributed by atoms with Gasteiger partial charge >= 0.3 is 0 Å². The lowest BCUT2D eigenvalue weighted by Gasteiger charge is -2.18. The number of nitrogens with zero attached hydrogens (tertiary/aromatic N) is 1. The molecule has 0 radical (unpaired) electrons. The summed E-state index contributed by atoms with van der Waals surface area (Å²) >= 11 is 1.76. The van der Waals surface area contributed by atoms with E-state index in [0.29, 0.717) is 13.0 Å². The van der Waals surface area contributed by atoms with Crippen molar-refractivity contribution in [3.05, 3.63) is 57.8 Å². The molecule has 106 valence electrons. The van der Waals surface area contributed by atoms with Crippen molar-refractivity contribution in [2.75, 3.05) is 7.05 Å². The molecule has 0 aliphatic heterocycles. The van der Waals surface area contributed by atoms with Crippen LogP contribution in [-0.2, 0) is 17.8 Å². The zero-order chi connectivity index (χ0) is 14.4. The third kappa shape index (κ3) is 4.20. The van der Waals surface area contributed by atoms with Crippen molar-refractivity contribution >= 4 is 17.2 Å². The highest BCUT2D eigenvalue weighted by molar-refractivity contribution is 7.09. The summed E-state index contributed by atoms with van der Waals surface area (Å²) in [7, 11) is 1.89. The van der Waals surface area contributed by atoms with Gasteiger partial charge in [-0.2, -0.15) is 0 Å². The molecule has 3 heteroatoms. The first-order valence-electron chi connectivity index (χ1n) is 6.97. The van der Waals surface area contributed by atoms with Gasteiger partial charge in [0.15, 0.2) is 0 Å². The van der Waals surface area contributed by atoms with E-state index in [-0.39, 0.29) is 5.91 Å². The number of carbonyl (C=O) groups is 1. The first kappa shape index (κ1) is 14.8. The number of hydrogen-bond donors (Lipinski definition) is 0. The lowest BCUT2D eigenvalue weighted by Crippen LogP contribution is -2.26. The van der Waals surface area contributed by atoms with Gasteiger partial charge in [0.05, 0.1) is 0 Å². The van der Waals surface area contributed by atoms with Gasteiger partial charge in [-0.25, -0.2) is 0 Å². The maximum absolute atomic E-state index is 12.1. The molecule has 0 unspecified atom stereocenters. The van der Waals surface area contributed by atoms with Crippen LogP contribution in [-0.4, -0.2) is 17.9 Å².